The molecule has 0 aliphatic heterocycles. The van der Waals surface area contributed by atoms with Gasteiger partial charge >= 0.3 is 0 Å². The molecule has 0 aromatic rings. The average Bonchev–Trinajstić information content (AvgIpc) is 2.08. The van der Waals surface area contributed by atoms with E-state index in [1.54, 1.807) is 13.8 Å². The maximum absolute atomic E-state index is 11.7. The van der Waals surface area contributed by atoms with Crippen LogP contribution in [-0.2, 0) is 9.92 Å². The molecule has 0 aromatic carbocycles. The lowest BCUT2D eigenvalue weighted by Gasteiger charge is -2.29. The molecule has 0 radical (unpaired) electrons. The molecule has 0 heterocycles. The Balaban J connectivity index is 2.58. The summed E-state index contributed by atoms with van der Waals surface area (Å²) < 4.78 is 22.1. The Labute approximate surface area is 86.2 Å². The lowest BCUT2D eigenvalue weighted by molar-refractivity contribution is 0.102. The van der Waals surface area contributed by atoms with Crippen molar-refractivity contribution < 1.29 is 9.32 Å². The first-order valence-electron chi connectivity index (χ1n) is 5.16. The van der Waals surface area contributed by atoms with Gasteiger partial charge in [-0.3, -0.25) is 0 Å². The lowest BCUT2D eigenvalue weighted by atomic mass is 9.93. The number of aliphatic hydroxyl groups excluding tert-OH is 1. The summed E-state index contributed by atoms with van der Waals surface area (Å²) in [5.41, 5.74) is 0. The standard InChI is InChI=1S/C9H20N2O2S/c1-7(2)14(10,13)11-8-5-3-4-6-9(8)12/h7-9,12H,3-6H2,1-2H3,(H2,10,11,13)/t8-,9-,14?/m0/s1. The molecule has 0 amide bonds. The summed E-state index contributed by atoms with van der Waals surface area (Å²) in [5.74, 6) is 0. The minimum Gasteiger partial charge on any atom is -0.391 e. The monoisotopic (exact) mass is 220 g/mol. The highest BCUT2D eigenvalue weighted by atomic mass is 32.2. The molecule has 1 unspecified atom stereocenters. The van der Waals surface area contributed by atoms with Crippen molar-refractivity contribution in [3.05, 3.63) is 0 Å². The Morgan fingerprint density at radius 1 is 1.43 bits per heavy atom. The van der Waals surface area contributed by atoms with E-state index in [-0.39, 0.29) is 11.3 Å². The molecule has 0 aromatic heterocycles. The van der Waals surface area contributed by atoms with Crippen molar-refractivity contribution in [1.29, 1.82) is 4.78 Å². The highest BCUT2D eigenvalue weighted by molar-refractivity contribution is 7.91. The Bertz CT molecular complexity index is 275. The second-order valence-corrected chi connectivity index (χ2v) is 6.61. The summed E-state index contributed by atoms with van der Waals surface area (Å²) in [6.07, 6.45) is 3.21. The summed E-state index contributed by atoms with van der Waals surface area (Å²) >= 11 is 0. The Kier molecular flexibility index (Phi) is 3.92. The van der Waals surface area contributed by atoms with Crippen molar-refractivity contribution >= 4 is 9.92 Å². The van der Waals surface area contributed by atoms with Gasteiger partial charge in [-0.15, -0.1) is 0 Å². The third-order valence-corrected chi connectivity index (χ3v) is 4.70. The van der Waals surface area contributed by atoms with Crippen LogP contribution in [0, 0.1) is 4.78 Å². The van der Waals surface area contributed by atoms with Crippen LogP contribution in [0.5, 0.6) is 0 Å². The first-order chi connectivity index (χ1) is 6.43. The maximum Gasteiger partial charge on any atom is 0.108 e. The van der Waals surface area contributed by atoms with Crippen LogP contribution in [0.25, 0.3) is 0 Å². The van der Waals surface area contributed by atoms with Gasteiger partial charge in [0.25, 0.3) is 0 Å². The van der Waals surface area contributed by atoms with Crippen molar-refractivity contribution in [3.63, 3.8) is 0 Å². The Morgan fingerprint density at radius 2 is 2.00 bits per heavy atom. The molecule has 84 valence electrons. The minimum atomic E-state index is -2.74. The normalized spacial score (nSPS) is 32.9. The van der Waals surface area contributed by atoms with Crippen LogP contribution in [-0.4, -0.2) is 26.7 Å². The van der Waals surface area contributed by atoms with Gasteiger partial charge in [-0.05, 0) is 26.7 Å². The highest BCUT2D eigenvalue weighted by Crippen LogP contribution is 2.19. The van der Waals surface area contributed by atoms with Crippen LogP contribution in [0.4, 0.5) is 0 Å². The molecule has 1 fully saturated rings. The van der Waals surface area contributed by atoms with Gasteiger partial charge in [0.05, 0.1) is 11.4 Å². The van der Waals surface area contributed by atoms with Gasteiger partial charge in [0.1, 0.15) is 9.92 Å². The summed E-state index contributed by atoms with van der Waals surface area (Å²) in [4.78, 5) is 0. The predicted molar refractivity (Wildman–Crippen MR) is 57.4 cm³/mol. The second-order valence-electron chi connectivity index (χ2n) is 4.23. The van der Waals surface area contributed by atoms with E-state index in [0.29, 0.717) is 0 Å². The molecule has 1 rings (SSSR count). The predicted octanol–water partition coefficient (Wildman–Crippen LogP) is 1.25. The fourth-order valence-corrected chi connectivity index (χ4v) is 2.61. The first kappa shape index (κ1) is 11.9. The van der Waals surface area contributed by atoms with E-state index in [9.17, 15) is 9.32 Å². The summed E-state index contributed by atoms with van der Waals surface area (Å²) in [7, 11) is -2.74. The number of nitrogens with one attached hydrogen (secondary N) is 2. The fourth-order valence-electron chi connectivity index (χ4n) is 1.61. The Hall–Kier alpha value is -0.130. The SMILES string of the molecule is CC(C)S(=N)(=O)N[C@H]1CCCC[C@@H]1O. The fraction of sp³-hybridized carbons (Fsp3) is 1.00. The molecule has 1 aliphatic rings. The number of hydrogen-bond acceptors (Lipinski definition) is 3. The molecule has 14 heavy (non-hydrogen) atoms. The van der Waals surface area contributed by atoms with E-state index in [2.05, 4.69) is 4.72 Å². The van der Waals surface area contributed by atoms with Gasteiger partial charge in [-0.2, -0.15) is 0 Å². The van der Waals surface area contributed by atoms with E-state index < -0.39 is 16.0 Å². The smallest absolute Gasteiger partial charge is 0.108 e. The van der Waals surface area contributed by atoms with Crippen LogP contribution in [0.1, 0.15) is 39.5 Å². The van der Waals surface area contributed by atoms with Gasteiger partial charge in [0.15, 0.2) is 0 Å². The van der Waals surface area contributed by atoms with Crippen molar-refractivity contribution in [1.82, 2.24) is 4.72 Å². The number of rotatable bonds is 3. The van der Waals surface area contributed by atoms with E-state index in [1.807, 2.05) is 0 Å². The van der Waals surface area contributed by atoms with E-state index in [0.717, 1.165) is 25.7 Å². The average molecular weight is 220 g/mol. The second kappa shape index (κ2) is 4.59. The van der Waals surface area contributed by atoms with Crippen molar-refractivity contribution in [2.45, 2.75) is 56.9 Å². The van der Waals surface area contributed by atoms with Gasteiger partial charge in [0.2, 0.25) is 0 Å². The zero-order valence-electron chi connectivity index (χ0n) is 8.82. The van der Waals surface area contributed by atoms with Crippen molar-refractivity contribution in [2.24, 2.45) is 0 Å². The molecule has 1 aliphatic carbocycles. The van der Waals surface area contributed by atoms with Crippen LogP contribution in [0.15, 0.2) is 0 Å². The van der Waals surface area contributed by atoms with Crippen LogP contribution >= 0.6 is 0 Å². The van der Waals surface area contributed by atoms with Gasteiger partial charge in [-0.1, -0.05) is 12.8 Å². The molecular formula is C9H20N2O2S. The number of hydrogen-bond donors (Lipinski definition) is 3. The quantitative estimate of drug-likeness (QED) is 0.669. The molecule has 4 nitrogen and oxygen atoms in total. The van der Waals surface area contributed by atoms with E-state index >= 15 is 0 Å². The molecule has 3 N–H and O–H groups in total. The maximum atomic E-state index is 11.7. The molecule has 0 bridgehead atoms. The van der Waals surface area contributed by atoms with Crippen molar-refractivity contribution in [2.75, 3.05) is 0 Å². The highest BCUT2D eigenvalue weighted by Gasteiger charge is 2.26. The lowest BCUT2D eigenvalue weighted by Crippen LogP contribution is -2.46. The molecule has 5 heteroatoms. The zero-order valence-corrected chi connectivity index (χ0v) is 9.64. The molecule has 0 spiro atoms. The van der Waals surface area contributed by atoms with E-state index in [1.165, 1.54) is 0 Å². The summed E-state index contributed by atoms with van der Waals surface area (Å²) in [6, 6.07) is -0.156. The van der Waals surface area contributed by atoms with Crippen LogP contribution < -0.4 is 4.72 Å². The zero-order chi connectivity index (χ0) is 10.8. The first-order valence-corrected chi connectivity index (χ1v) is 6.78. The molecule has 1 saturated carbocycles. The van der Waals surface area contributed by atoms with Gasteiger partial charge in [-0.25, -0.2) is 13.7 Å². The molecule has 0 saturated heterocycles. The minimum absolute atomic E-state index is 0.156. The topological polar surface area (TPSA) is 73.2 Å². The Morgan fingerprint density at radius 3 is 2.50 bits per heavy atom. The van der Waals surface area contributed by atoms with Crippen LogP contribution in [0.2, 0.25) is 0 Å². The third kappa shape index (κ3) is 2.93. The van der Waals surface area contributed by atoms with E-state index in [4.69, 9.17) is 4.78 Å². The summed E-state index contributed by atoms with van der Waals surface area (Å²) in [5, 5.41) is 9.43. The van der Waals surface area contributed by atoms with Crippen LogP contribution in [0.3, 0.4) is 0 Å². The van der Waals surface area contributed by atoms with Crippen molar-refractivity contribution in [3.8, 4) is 0 Å². The molecular weight excluding hydrogens is 200 g/mol. The summed E-state index contributed by atoms with van der Waals surface area (Å²) in [6.45, 7) is 3.52. The largest absolute Gasteiger partial charge is 0.391 e. The van der Waals surface area contributed by atoms with Gasteiger partial charge in [0, 0.05) is 6.04 Å². The molecule has 3 atom stereocenters. The van der Waals surface area contributed by atoms with Gasteiger partial charge < -0.3 is 5.11 Å². The third-order valence-electron chi connectivity index (χ3n) is 2.72. The number of aliphatic hydroxyl groups is 1.